The van der Waals surface area contributed by atoms with Crippen LogP contribution in [0.4, 0.5) is 5.69 Å². The van der Waals surface area contributed by atoms with Crippen molar-refractivity contribution in [1.29, 1.82) is 0 Å². The van der Waals surface area contributed by atoms with Crippen molar-refractivity contribution < 1.29 is 0 Å². The Kier molecular flexibility index (Phi) is 5.45. The van der Waals surface area contributed by atoms with Crippen LogP contribution in [0.25, 0.3) is 11.8 Å². The van der Waals surface area contributed by atoms with E-state index in [0.29, 0.717) is 0 Å². The fourth-order valence-corrected chi connectivity index (χ4v) is 5.00. The molecule has 3 aromatic rings. The molecule has 0 spiro atoms. The van der Waals surface area contributed by atoms with Crippen LogP contribution in [0.1, 0.15) is 35.6 Å². The molecule has 1 aliphatic heterocycles. The van der Waals surface area contributed by atoms with Gasteiger partial charge in [-0.1, -0.05) is 78.9 Å². The van der Waals surface area contributed by atoms with Crippen molar-refractivity contribution in [2.24, 2.45) is 0 Å². The van der Waals surface area contributed by atoms with Crippen LogP contribution < -0.4 is 4.90 Å². The maximum atomic E-state index is 2.46. The van der Waals surface area contributed by atoms with Crippen molar-refractivity contribution in [2.45, 2.75) is 18.9 Å². The Morgan fingerprint density at radius 3 is 2.12 bits per heavy atom. The molecule has 2 nitrogen and oxygen atoms in total. The van der Waals surface area contributed by atoms with Crippen LogP contribution in [0.15, 0.2) is 108 Å². The third-order valence-corrected chi connectivity index (χ3v) is 6.67. The second kappa shape index (κ2) is 8.55. The van der Waals surface area contributed by atoms with Gasteiger partial charge in [-0.25, -0.2) is 0 Å². The molecular weight excluding hydrogens is 388 g/mol. The monoisotopic (exact) mass is 418 g/mol. The van der Waals surface area contributed by atoms with Gasteiger partial charge in [0.15, 0.2) is 0 Å². The van der Waals surface area contributed by atoms with Gasteiger partial charge in [0, 0.05) is 32.5 Å². The zero-order chi connectivity index (χ0) is 22.1. The highest BCUT2D eigenvalue weighted by Gasteiger charge is 2.34. The van der Waals surface area contributed by atoms with Gasteiger partial charge in [0.2, 0.25) is 0 Å². The zero-order valence-electron chi connectivity index (χ0n) is 19.1. The second-order valence-corrected chi connectivity index (χ2v) is 8.91. The molecule has 0 radical (unpaired) electrons. The van der Waals surface area contributed by atoms with Crippen LogP contribution in [-0.4, -0.2) is 26.0 Å². The number of hydrogen-bond acceptors (Lipinski definition) is 2. The summed E-state index contributed by atoms with van der Waals surface area (Å²) in [6.07, 6.45) is 7.00. The van der Waals surface area contributed by atoms with Crippen LogP contribution in [0.2, 0.25) is 0 Å². The molecule has 0 aromatic heterocycles. The molecule has 5 rings (SSSR count). The average Bonchev–Trinajstić information content (AvgIpc) is 3.22. The van der Waals surface area contributed by atoms with Crippen molar-refractivity contribution >= 4 is 17.5 Å². The second-order valence-electron chi connectivity index (χ2n) is 8.91. The van der Waals surface area contributed by atoms with E-state index in [-0.39, 0.29) is 6.04 Å². The number of anilines is 1. The van der Waals surface area contributed by atoms with Crippen LogP contribution in [0, 0.1) is 0 Å². The first kappa shape index (κ1) is 20.4. The number of hydrogen-bond donors (Lipinski definition) is 0. The van der Waals surface area contributed by atoms with E-state index in [9.17, 15) is 0 Å². The quantitative estimate of drug-likeness (QED) is 0.452. The van der Waals surface area contributed by atoms with Gasteiger partial charge in [-0.2, -0.15) is 0 Å². The molecule has 160 valence electrons. The maximum absolute atomic E-state index is 2.46. The lowest BCUT2D eigenvalue weighted by Gasteiger charge is -2.37. The first-order valence-electron chi connectivity index (χ1n) is 11.4. The summed E-state index contributed by atoms with van der Waals surface area (Å²) >= 11 is 0. The highest BCUT2D eigenvalue weighted by molar-refractivity contribution is 5.76. The Bertz CT molecular complexity index is 1180. The van der Waals surface area contributed by atoms with Crippen molar-refractivity contribution in [2.75, 3.05) is 26.0 Å². The predicted molar refractivity (Wildman–Crippen MR) is 136 cm³/mol. The Balaban J connectivity index is 1.60. The normalized spacial score (nSPS) is 19.2. The number of allylic oxidation sites excluding steroid dienone is 3. The largest absolute Gasteiger partial charge is 0.378 e. The van der Waals surface area contributed by atoms with E-state index < -0.39 is 0 Å². The minimum absolute atomic E-state index is 0.272. The lowest BCUT2D eigenvalue weighted by Crippen LogP contribution is -2.27. The van der Waals surface area contributed by atoms with Crippen LogP contribution >= 0.6 is 0 Å². The van der Waals surface area contributed by atoms with Gasteiger partial charge in [0.1, 0.15) is 0 Å². The van der Waals surface area contributed by atoms with Crippen molar-refractivity contribution in [3.05, 3.63) is 124 Å². The van der Waals surface area contributed by atoms with Crippen LogP contribution in [-0.2, 0) is 0 Å². The number of rotatable bonds is 4. The van der Waals surface area contributed by atoms with Gasteiger partial charge >= 0.3 is 0 Å². The fourth-order valence-electron chi connectivity index (χ4n) is 5.00. The first-order chi connectivity index (χ1) is 15.6. The molecule has 0 N–H and O–H groups in total. The van der Waals surface area contributed by atoms with E-state index in [0.717, 1.165) is 12.8 Å². The van der Waals surface area contributed by atoms with Gasteiger partial charge < -0.3 is 9.80 Å². The molecule has 3 aromatic carbocycles. The Hall–Kier alpha value is -3.52. The smallest absolute Gasteiger partial charge is 0.0761 e. The highest BCUT2D eigenvalue weighted by atomic mass is 15.1. The fraction of sp³-hybridized carbons (Fsp3) is 0.200. The standard InChI is InChI=1S/C30H30N2/c1-31(2)26-17-14-22(15-18-26)20-25-16-19-27-28(25)21-29(23-10-6-4-7-11-23)32(3)30(27)24-12-8-5-9-13-24/h4-15,17-18,20-21,30H,16,19H2,1-3H3. The van der Waals surface area contributed by atoms with Gasteiger partial charge in [-0.05, 0) is 64.5 Å². The van der Waals surface area contributed by atoms with Crippen molar-refractivity contribution in [3.8, 4) is 0 Å². The van der Waals surface area contributed by atoms with E-state index in [1.54, 1.807) is 0 Å². The summed E-state index contributed by atoms with van der Waals surface area (Å²) in [7, 11) is 6.40. The molecule has 0 bridgehead atoms. The van der Waals surface area contributed by atoms with E-state index in [1.165, 1.54) is 44.8 Å². The molecule has 32 heavy (non-hydrogen) atoms. The average molecular weight is 419 g/mol. The van der Waals surface area contributed by atoms with Crippen LogP contribution in [0.5, 0.6) is 0 Å². The summed E-state index contributed by atoms with van der Waals surface area (Å²) in [4.78, 5) is 4.60. The molecule has 1 unspecified atom stereocenters. The summed E-state index contributed by atoms with van der Waals surface area (Å²) < 4.78 is 0. The summed E-state index contributed by atoms with van der Waals surface area (Å²) in [5, 5.41) is 0. The SMILES string of the molecule is CN(C)c1ccc(C=C2CCC3=C2C=C(c2ccccc2)N(C)C3c2ccccc2)cc1. The van der Waals surface area contributed by atoms with Gasteiger partial charge in [-0.3, -0.25) is 0 Å². The van der Waals surface area contributed by atoms with E-state index in [2.05, 4.69) is 128 Å². The lowest BCUT2D eigenvalue weighted by molar-refractivity contribution is 0.388. The molecule has 1 aliphatic carbocycles. The summed E-state index contributed by atoms with van der Waals surface area (Å²) in [6, 6.07) is 30.8. The molecular formula is C30H30N2. The molecule has 0 amide bonds. The third kappa shape index (κ3) is 3.78. The Morgan fingerprint density at radius 1 is 0.812 bits per heavy atom. The summed E-state index contributed by atoms with van der Waals surface area (Å²) in [5.74, 6) is 0. The molecule has 0 saturated heterocycles. The minimum atomic E-state index is 0.272. The van der Waals surface area contributed by atoms with E-state index in [1.807, 2.05) is 0 Å². The van der Waals surface area contributed by atoms with Gasteiger partial charge in [-0.15, -0.1) is 0 Å². The third-order valence-electron chi connectivity index (χ3n) is 6.67. The predicted octanol–water partition coefficient (Wildman–Crippen LogP) is 6.95. The molecule has 2 aliphatic rings. The maximum Gasteiger partial charge on any atom is 0.0761 e. The van der Waals surface area contributed by atoms with E-state index in [4.69, 9.17) is 0 Å². The molecule has 2 heteroatoms. The highest BCUT2D eigenvalue weighted by Crippen LogP contribution is 2.48. The zero-order valence-corrected chi connectivity index (χ0v) is 19.1. The summed E-state index contributed by atoms with van der Waals surface area (Å²) in [5.41, 5.74) is 10.8. The van der Waals surface area contributed by atoms with Gasteiger partial charge in [0.25, 0.3) is 0 Å². The molecule has 1 atom stereocenters. The molecule has 1 heterocycles. The molecule has 0 fully saturated rings. The molecule has 0 saturated carbocycles. The van der Waals surface area contributed by atoms with Crippen molar-refractivity contribution in [1.82, 2.24) is 4.90 Å². The first-order valence-corrected chi connectivity index (χ1v) is 11.4. The Morgan fingerprint density at radius 2 is 1.47 bits per heavy atom. The topological polar surface area (TPSA) is 6.48 Å². The van der Waals surface area contributed by atoms with Crippen molar-refractivity contribution in [3.63, 3.8) is 0 Å². The van der Waals surface area contributed by atoms with Crippen LogP contribution in [0.3, 0.4) is 0 Å². The minimum Gasteiger partial charge on any atom is -0.378 e. The number of likely N-dealkylation sites (N-methyl/N-ethyl adjacent to an activating group) is 1. The lowest BCUT2D eigenvalue weighted by atomic mass is 9.88. The Labute approximate surface area is 191 Å². The van der Waals surface area contributed by atoms with Gasteiger partial charge in [0.05, 0.1) is 6.04 Å². The van der Waals surface area contributed by atoms with E-state index >= 15 is 0 Å². The number of nitrogens with zero attached hydrogens (tertiary/aromatic N) is 2. The summed E-state index contributed by atoms with van der Waals surface area (Å²) in [6.45, 7) is 0. The number of benzene rings is 3.